The molecule has 142 valence electrons. The lowest BCUT2D eigenvalue weighted by Gasteiger charge is -2.20. The van der Waals surface area contributed by atoms with Gasteiger partial charge in [-0.3, -0.25) is 4.79 Å². The zero-order chi connectivity index (χ0) is 19.0. The first-order valence-electron chi connectivity index (χ1n) is 9.26. The van der Waals surface area contributed by atoms with Crippen LogP contribution in [0.5, 0.6) is 0 Å². The van der Waals surface area contributed by atoms with Crippen molar-refractivity contribution < 1.29 is 4.79 Å². The Kier molecular flexibility index (Phi) is 8.86. The molecular weight excluding hydrogens is 314 g/mol. The van der Waals surface area contributed by atoms with E-state index in [0.29, 0.717) is 23.3 Å². The van der Waals surface area contributed by atoms with Crippen molar-refractivity contribution in [3.05, 3.63) is 22.9 Å². The fourth-order valence-electron chi connectivity index (χ4n) is 2.52. The Morgan fingerprint density at radius 2 is 1.96 bits per heavy atom. The van der Waals surface area contributed by atoms with Gasteiger partial charge in [-0.15, -0.1) is 0 Å². The Morgan fingerprint density at radius 1 is 1.28 bits per heavy atom. The molecule has 1 rings (SSSR count). The molecule has 25 heavy (non-hydrogen) atoms. The topological polar surface area (TPSA) is 92.1 Å². The third kappa shape index (κ3) is 7.40. The number of aryl methyl sites for hydroxylation is 2. The van der Waals surface area contributed by atoms with Gasteiger partial charge in [0.1, 0.15) is 5.82 Å². The van der Waals surface area contributed by atoms with E-state index in [4.69, 9.17) is 5.73 Å². The van der Waals surface area contributed by atoms with E-state index in [1.54, 1.807) is 6.92 Å². The van der Waals surface area contributed by atoms with Crippen LogP contribution in [-0.2, 0) is 0 Å². The quantitative estimate of drug-likeness (QED) is 0.487. The highest BCUT2D eigenvalue weighted by Gasteiger charge is 2.16. The molecule has 0 saturated carbocycles. The maximum atomic E-state index is 12.4. The van der Waals surface area contributed by atoms with E-state index in [1.807, 2.05) is 19.9 Å². The van der Waals surface area contributed by atoms with Crippen LogP contribution in [0, 0.1) is 19.8 Å². The molecule has 1 amide bonds. The molecule has 0 aliphatic carbocycles. The summed E-state index contributed by atoms with van der Waals surface area (Å²) in [5, 5.41) is 9.65. The molecule has 0 saturated heterocycles. The SMILES string of the molecule is CCC(CCNc1nc(C)c(C)cc1C(=O)NC(C)N)NCC(C)C. The molecule has 2 unspecified atom stereocenters. The van der Waals surface area contributed by atoms with Gasteiger partial charge >= 0.3 is 0 Å². The third-order valence-electron chi connectivity index (χ3n) is 4.16. The lowest BCUT2D eigenvalue weighted by Crippen LogP contribution is -2.39. The minimum atomic E-state index is -0.397. The summed E-state index contributed by atoms with van der Waals surface area (Å²) in [6, 6.07) is 2.33. The number of hydrogen-bond donors (Lipinski definition) is 4. The van der Waals surface area contributed by atoms with Crippen molar-refractivity contribution in [1.29, 1.82) is 0 Å². The molecule has 0 bridgehead atoms. The number of hydrogen-bond acceptors (Lipinski definition) is 5. The van der Waals surface area contributed by atoms with E-state index < -0.39 is 6.17 Å². The maximum absolute atomic E-state index is 12.4. The van der Waals surface area contributed by atoms with E-state index in [1.165, 1.54) is 0 Å². The molecule has 2 atom stereocenters. The summed E-state index contributed by atoms with van der Waals surface area (Å²) in [4.78, 5) is 17.0. The molecule has 0 fully saturated rings. The van der Waals surface area contributed by atoms with Crippen LogP contribution in [-0.4, -0.2) is 36.2 Å². The van der Waals surface area contributed by atoms with Gasteiger partial charge in [0.25, 0.3) is 5.91 Å². The van der Waals surface area contributed by atoms with Crippen LogP contribution >= 0.6 is 0 Å². The van der Waals surface area contributed by atoms with Gasteiger partial charge < -0.3 is 21.7 Å². The van der Waals surface area contributed by atoms with Crippen molar-refractivity contribution in [2.24, 2.45) is 11.7 Å². The molecule has 0 aliphatic rings. The summed E-state index contributed by atoms with van der Waals surface area (Å²) in [5.41, 5.74) is 8.14. The zero-order valence-electron chi connectivity index (χ0n) is 16.6. The molecule has 0 spiro atoms. The average Bonchev–Trinajstić information content (AvgIpc) is 2.52. The van der Waals surface area contributed by atoms with Gasteiger partial charge in [0, 0.05) is 18.3 Å². The largest absolute Gasteiger partial charge is 0.369 e. The van der Waals surface area contributed by atoms with Gasteiger partial charge in [-0.1, -0.05) is 20.8 Å². The normalized spacial score (nSPS) is 13.6. The first-order valence-corrected chi connectivity index (χ1v) is 9.26. The smallest absolute Gasteiger partial charge is 0.256 e. The molecule has 6 heteroatoms. The summed E-state index contributed by atoms with van der Waals surface area (Å²) in [6.07, 6.45) is 1.66. The molecule has 0 aliphatic heterocycles. The number of aromatic nitrogens is 1. The number of rotatable bonds is 10. The summed E-state index contributed by atoms with van der Waals surface area (Å²) in [6.45, 7) is 14.0. The molecule has 1 aromatic heterocycles. The van der Waals surface area contributed by atoms with Crippen molar-refractivity contribution in [2.45, 2.75) is 66.6 Å². The van der Waals surface area contributed by atoms with Gasteiger partial charge in [-0.2, -0.15) is 0 Å². The molecule has 1 heterocycles. The summed E-state index contributed by atoms with van der Waals surface area (Å²) in [7, 11) is 0. The maximum Gasteiger partial charge on any atom is 0.256 e. The summed E-state index contributed by atoms with van der Waals surface area (Å²) >= 11 is 0. The van der Waals surface area contributed by atoms with Gasteiger partial charge in [-0.05, 0) is 57.7 Å². The van der Waals surface area contributed by atoms with Crippen molar-refractivity contribution >= 4 is 11.7 Å². The van der Waals surface area contributed by atoms with Crippen LogP contribution in [0.3, 0.4) is 0 Å². The van der Waals surface area contributed by atoms with Crippen LogP contribution in [0.2, 0.25) is 0 Å². The Labute approximate surface area is 152 Å². The fraction of sp³-hybridized carbons (Fsp3) is 0.684. The van der Waals surface area contributed by atoms with Gasteiger partial charge in [-0.25, -0.2) is 4.98 Å². The Balaban J connectivity index is 2.76. The third-order valence-corrected chi connectivity index (χ3v) is 4.16. The van der Waals surface area contributed by atoms with Crippen molar-refractivity contribution in [2.75, 3.05) is 18.4 Å². The van der Waals surface area contributed by atoms with Crippen LogP contribution < -0.4 is 21.7 Å². The standard InChI is InChI=1S/C19H35N5O/c1-7-16(22-11-12(2)3)8-9-21-18-17(19(25)24-15(6)20)10-13(4)14(5)23-18/h10,12,15-16,22H,7-9,11,20H2,1-6H3,(H,21,23)(H,24,25). The monoisotopic (exact) mass is 349 g/mol. The minimum absolute atomic E-state index is 0.196. The molecular formula is C19H35N5O. The van der Waals surface area contributed by atoms with Crippen LogP contribution in [0.4, 0.5) is 5.82 Å². The predicted octanol–water partition coefficient (Wildman–Crippen LogP) is 2.56. The number of pyridine rings is 1. The molecule has 5 N–H and O–H groups in total. The van der Waals surface area contributed by atoms with Crippen LogP contribution in [0.1, 0.15) is 62.2 Å². The second-order valence-electron chi connectivity index (χ2n) is 7.17. The summed E-state index contributed by atoms with van der Waals surface area (Å²) < 4.78 is 0. The highest BCUT2D eigenvalue weighted by molar-refractivity contribution is 5.99. The Morgan fingerprint density at radius 3 is 2.52 bits per heavy atom. The van der Waals surface area contributed by atoms with Crippen molar-refractivity contribution in [3.63, 3.8) is 0 Å². The Bertz CT molecular complexity index is 557. The van der Waals surface area contributed by atoms with Gasteiger partial charge in [0.05, 0.1) is 11.7 Å². The number of anilines is 1. The number of nitrogens with one attached hydrogen (secondary N) is 3. The molecule has 0 aromatic carbocycles. The van der Waals surface area contributed by atoms with E-state index in [0.717, 1.165) is 37.2 Å². The van der Waals surface area contributed by atoms with Gasteiger partial charge in [0.15, 0.2) is 0 Å². The molecule has 6 nitrogen and oxygen atoms in total. The molecule has 1 aromatic rings. The highest BCUT2D eigenvalue weighted by atomic mass is 16.1. The first kappa shape index (κ1) is 21.4. The second-order valence-corrected chi connectivity index (χ2v) is 7.17. The Hall–Kier alpha value is -1.66. The number of nitrogens with two attached hydrogens (primary N) is 1. The van der Waals surface area contributed by atoms with E-state index >= 15 is 0 Å². The van der Waals surface area contributed by atoms with Crippen LogP contribution in [0.25, 0.3) is 0 Å². The lowest BCUT2D eigenvalue weighted by molar-refractivity contribution is 0.0941. The zero-order valence-corrected chi connectivity index (χ0v) is 16.6. The number of nitrogens with zero attached hydrogens (tertiary/aromatic N) is 1. The highest BCUT2D eigenvalue weighted by Crippen LogP contribution is 2.17. The predicted molar refractivity (Wildman–Crippen MR) is 105 cm³/mol. The minimum Gasteiger partial charge on any atom is -0.369 e. The first-order chi connectivity index (χ1) is 11.7. The van der Waals surface area contributed by atoms with E-state index in [9.17, 15) is 4.79 Å². The van der Waals surface area contributed by atoms with Crippen molar-refractivity contribution in [3.8, 4) is 0 Å². The fourth-order valence-corrected chi connectivity index (χ4v) is 2.52. The number of carbonyl (C=O) groups excluding carboxylic acids is 1. The number of carbonyl (C=O) groups is 1. The van der Waals surface area contributed by atoms with Crippen LogP contribution in [0.15, 0.2) is 6.07 Å². The molecule has 0 radical (unpaired) electrons. The van der Waals surface area contributed by atoms with Crippen molar-refractivity contribution in [1.82, 2.24) is 15.6 Å². The van der Waals surface area contributed by atoms with Gasteiger partial charge in [0.2, 0.25) is 0 Å². The average molecular weight is 350 g/mol. The number of amides is 1. The second kappa shape index (κ2) is 10.4. The van der Waals surface area contributed by atoms with E-state index in [2.05, 4.69) is 41.7 Å². The lowest BCUT2D eigenvalue weighted by atomic mass is 10.1. The van der Waals surface area contributed by atoms with E-state index in [-0.39, 0.29) is 5.91 Å². The summed E-state index contributed by atoms with van der Waals surface area (Å²) in [5.74, 6) is 1.06.